The minimum absolute atomic E-state index is 0.00167. The molecular weight excluding hydrogens is 266 g/mol. The number of hydroxylamine groups is 2. The van der Waals surface area contributed by atoms with E-state index in [1.165, 1.54) is 18.2 Å². The molecule has 1 heterocycles. The maximum Gasteiger partial charge on any atom is 0.338 e. The van der Waals surface area contributed by atoms with Gasteiger partial charge >= 0.3 is 11.9 Å². The maximum atomic E-state index is 12.0. The van der Waals surface area contributed by atoms with Gasteiger partial charge in [-0.3, -0.25) is 9.59 Å². The van der Waals surface area contributed by atoms with Crippen molar-refractivity contribution in [2.24, 2.45) is 0 Å². The highest BCUT2D eigenvalue weighted by atomic mass is 16.7. The van der Waals surface area contributed by atoms with E-state index < -0.39 is 23.8 Å². The molecule has 0 spiro atoms. The molecule has 1 aliphatic heterocycles. The van der Waals surface area contributed by atoms with Crippen molar-refractivity contribution >= 4 is 23.8 Å². The second kappa shape index (κ2) is 5.12. The molecule has 0 aliphatic carbocycles. The highest BCUT2D eigenvalue weighted by Gasteiger charge is 2.39. The van der Waals surface area contributed by atoms with E-state index in [1.54, 1.807) is 6.92 Å². The van der Waals surface area contributed by atoms with Crippen molar-refractivity contribution in [3.05, 3.63) is 34.9 Å². The maximum absolute atomic E-state index is 12.0. The molecular formula is C13H11NO6. The number of nitrogens with zero attached hydrogens (tertiary/aromatic N) is 1. The predicted molar refractivity (Wildman–Crippen MR) is 64.7 cm³/mol. The van der Waals surface area contributed by atoms with Gasteiger partial charge in [0.15, 0.2) is 0 Å². The Kier molecular flexibility index (Phi) is 3.51. The Morgan fingerprint density at radius 1 is 1.15 bits per heavy atom. The minimum atomic E-state index is -0.787. The standard InChI is InChI=1S/C13H11NO6/c1-3-19-13(18)8-4-5-9-10(6-8)12(17)14(11(9)16)20-7(2)15/h4-6H,3H2,1-2H3. The zero-order chi connectivity index (χ0) is 14.9. The molecule has 0 fully saturated rings. The summed E-state index contributed by atoms with van der Waals surface area (Å²) in [5, 5.41) is 0.377. The zero-order valence-electron chi connectivity index (χ0n) is 10.8. The first-order valence-electron chi connectivity index (χ1n) is 5.84. The van der Waals surface area contributed by atoms with E-state index >= 15 is 0 Å². The lowest BCUT2D eigenvalue weighted by atomic mass is 10.1. The number of carbonyl (C=O) groups excluding carboxylic acids is 4. The van der Waals surface area contributed by atoms with E-state index in [-0.39, 0.29) is 23.3 Å². The van der Waals surface area contributed by atoms with Crippen LogP contribution in [0.25, 0.3) is 0 Å². The summed E-state index contributed by atoms with van der Waals surface area (Å²) in [6.45, 7) is 2.93. The Morgan fingerprint density at radius 2 is 1.80 bits per heavy atom. The van der Waals surface area contributed by atoms with Crippen LogP contribution in [0.1, 0.15) is 44.9 Å². The molecule has 7 heteroatoms. The fourth-order valence-corrected chi connectivity index (χ4v) is 1.77. The first-order chi connectivity index (χ1) is 9.45. The molecule has 2 amide bonds. The number of ether oxygens (including phenoxy) is 1. The lowest BCUT2D eigenvalue weighted by Crippen LogP contribution is -2.31. The summed E-state index contributed by atoms with van der Waals surface area (Å²) in [6.07, 6.45) is 0. The molecule has 1 aliphatic rings. The number of amides is 2. The van der Waals surface area contributed by atoms with Gasteiger partial charge in [0.05, 0.1) is 23.3 Å². The van der Waals surface area contributed by atoms with Crippen molar-refractivity contribution in [1.82, 2.24) is 5.06 Å². The van der Waals surface area contributed by atoms with Gasteiger partial charge in [0.25, 0.3) is 11.8 Å². The Hall–Kier alpha value is -2.70. The van der Waals surface area contributed by atoms with Gasteiger partial charge in [0, 0.05) is 6.92 Å². The number of fused-ring (bicyclic) bond motifs is 1. The summed E-state index contributed by atoms with van der Waals surface area (Å²) in [5.74, 6) is -2.91. The molecule has 0 aromatic heterocycles. The molecule has 0 N–H and O–H groups in total. The molecule has 7 nitrogen and oxygen atoms in total. The molecule has 0 saturated heterocycles. The number of hydrogen-bond acceptors (Lipinski definition) is 6. The molecule has 20 heavy (non-hydrogen) atoms. The van der Waals surface area contributed by atoms with Gasteiger partial charge < -0.3 is 9.57 Å². The lowest BCUT2D eigenvalue weighted by Gasteiger charge is -2.10. The Labute approximate surface area is 114 Å². The average molecular weight is 277 g/mol. The Morgan fingerprint density at radius 3 is 2.40 bits per heavy atom. The van der Waals surface area contributed by atoms with E-state index in [0.29, 0.717) is 5.06 Å². The van der Waals surface area contributed by atoms with Crippen molar-refractivity contribution in [1.29, 1.82) is 0 Å². The monoisotopic (exact) mass is 277 g/mol. The summed E-state index contributed by atoms with van der Waals surface area (Å²) in [6, 6.07) is 3.95. The lowest BCUT2D eigenvalue weighted by molar-refractivity contribution is -0.165. The fourth-order valence-electron chi connectivity index (χ4n) is 1.77. The Bertz CT molecular complexity index is 621. The van der Waals surface area contributed by atoms with Crippen LogP contribution in [0, 0.1) is 0 Å². The van der Waals surface area contributed by atoms with Crippen molar-refractivity contribution < 1.29 is 28.8 Å². The van der Waals surface area contributed by atoms with E-state index in [4.69, 9.17) is 4.74 Å². The molecule has 0 radical (unpaired) electrons. The third kappa shape index (κ3) is 2.25. The topological polar surface area (TPSA) is 90.0 Å². The Balaban J connectivity index is 2.36. The van der Waals surface area contributed by atoms with Crippen molar-refractivity contribution in [3.63, 3.8) is 0 Å². The minimum Gasteiger partial charge on any atom is -0.462 e. The van der Waals surface area contributed by atoms with E-state index in [0.717, 1.165) is 6.92 Å². The normalized spacial score (nSPS) is 13.2. The van der Waals surface area contributed by atoms with Crippen LogP contribution in [0.4, 0.5) is 0 Å². The number of imide groups is 1. The predicted octanol–water partition coefficient (Wildman–Crippen LogP) is 0.937. The number of carbonyl (C=O) groups is 4. The van der Waals surface area contributed by atoms with Gasteiger partial charge in [-0.15, -0.1) is 0 Å². The van der Waals surface area contributed by atoms with Crippen LogP contribution in [0.15, 0.2) is 18.2 Å². The second-order valence-electron chi connectivity index (χ2n) is 3.97. The van der Waals surface area contributed by atoms with Gasteiger partial charge in [0.1, 0.15) is 0 Å². The van der Waals surface area contributed by atoms with Crippen molar-refractivity contribution in [2.45, 2.75) is 13.8 Å². The highest BCUT2D eigenvalue weighted by molar-refractivity contribution is 6.21. The van der Waals surface area contributed by atoms with Crippen LogP contribution in [-0.4, -0.2) is 35.4 Å². The van der Waals surface area contributed by atoms with Gasteiger partial charge in [-0.2, -0.15) is 0 Å². The van der Waals surface area contributed by atoms with E-state index in [2.05, 4.69) is 4.84 Å². The SMILES string of the molecule is CCOC(=O)c1ccc2c(c1)C(=O)N(OC(C)=O)C2=O. The van der Waals surface area contributed by atoms with E-state index in [9.17, 15) is 19.2 Å². The van der Waals surface area contributed by atoms with Crippen LogP contribution in [0.3, 0.4) is 0 Å². The highest BCUT2D eigenvalue weighted by Crippen LogP contribution is 2.24. The molecule has 1 aromatic carbocycles. The zero-order valence-corrected chi connectivity index (χ0v) is 10.8. The quantitative estimate of drug-likeness (QED) is 0.603. The van der Waals surface area contributed by atoms with Crippen LogP contribution in [-0.2, 0) is 14.4 Å². The fraction of sp³-hybridized carbons (Fsp3) is 0.231. The third-order valence-electron chi connectivity index (χ3n) is 2.58. The molecule has 0 bridgehead atoms. The number of esters is 1. The van der Waals surface area contributed by atoms with E-state index in [1.807, 2.05) is 0 Å². The smallest absolute Gasteiger partial charge is 0.338 e. The summed E-state index contributed by atoms with van der Waals surface area (Å²) in [5.41, 5.74) is 0.225. The summed E-state index contributed by atoms with van der Waals surface area (Å²) in [4.78, 5) is 50.8. The van der Waals surface area contributed by atoms with Crippen molar-refractivity contribution in [3.8, 4) is 0 Å². The van der Waals surface area contributed by atoms with Gasteiger partial charge in [0.2, 0.25) is 0 Å². The molecule has 2 rings (SSSR count). The van der Waals surface area contributed by atoms with Crippen LogP contribution in [0.2, 0.25) is 0 Å². The third-order valence-corrected chi connectivity index (χ3v) is 2.58. The van der Waals surface area contributed by atoms with Crippen LogP contribution < -0.4 is 0 Å². The molecule has 0 atom stereocenters. The largest absolute Gasteiger partial charge is 0.462 e. The number of rotatable bonds is 3. The van der Waals surface area contributed by atoms with Gasteiger partial charge in [-0.1, -0.05) is 5.06 Å². The summed E-state index contributed by atoms with van der Waals surface area (Å²) < 4.78 is 4.81. The molecule has 0 saturated carbocycles. The average Bonchev–Trinajstić information content (AvgIpc) is 2.63. The number of hydrogen-bond donors (Lipinski definition) is 0. The molecule has 104 valence electrons. The van der Waals surface area contributed by atoms with Crippen LogP contribution in [0.5, 0.6) is 0 Å². The van der Waals surface area contributed by atoms with Crippen LogP contribution >= 0.6 is 0 Å². The first-order valence-corrected chi connectivity index (χ1v) is 5.84. The van der Waals surface area contributed by atoms with Gasteiger partial charge in [-0.05, 0) is 25.1 Å². The number of benzene rings is 1. The first kappa shape index (κ1) is 13.7. The summed E-state index contributed by atoms with van der Waals surface area (Å²) in [7, 11) is 0. The molecule has 1 aromatic rings. The van der Waals surface area contributed by atoms with Gasteiger partial charge in [-0.25, -0.2) is 9.59 Å². The second-order valence-corrected chi connectivity index (χ2v) is 3.97. The summed E-state index contributed by atoms with van der Waals surface area (Å²) >= 11 is 0. The molecule has 0 unspecified atom stereocenters. The van der Waals surface area contributed by atoms with Crippen molar-refractivity contribution in [2.75, 3.05) is 6.61 Å².